The normalized spacial score (nSPS) is 35.3. The number of nitriles is 1. The summed E-state index contributed by atoms with van der Waals surface area (Å²) in [7, 11) is 0. The maximum absolute atomic E-state index is 12.6. The van der Waals surface area contributed by atoms with E-state index in [-0.39, 0.29) is 17.8 Å². The molecule has 0 heterocycles. The average molecular weight is 201 g/mol. The second-order valence-corrected chi connectivity index (χ2v) is 4.37. The van der Waals surface area contributed by atoms with Crippen LogP contribution in [0.5, 0.6) is 0 Å². The van der Waals surface area contributed by atoms with Gasteiger partial charge in [0, 0.05) is 11.8 Å². The first-order chi connectivity index (χ1) is 6.57. The second kappa shape index (κ2) is 4.72. The van der Waals surface area contributed by atoms with Gasteiger partial charge in [0.15, 0.2) is 0 Å². The van der Waals surface area contributed by atoms with E-state index in [0.717, 1.165) is 12.8 Å². The number of hydrogen-bond acceptors (Lipinski definition) is 1. The number of rotatable bonds is 2. The predicted octanol–water partition coefficient (Wildman–Crippen LogP) is 3.46. The minimum Gasteiger partial charge on any atom is -0.210 e. The SMILES string of the molecule is CC(C#N)C1CCCC(C(F)F)C1C. The van der Waals surface area contributed by atoms with E-state index in [1.54, 1.807) is 0 Å². The van der Waals surface area contributed by atoms with Crippen molar-refractivity contribution in [3.05, 3.63) is 0 Å². The third-order valence-electron chi connectivity index (χ3n) is 3.60. The minimum absolute atomic E-state index is 0.0154. The van der Waals surface area contributed by atoms with Crippen molar-refractivity contribution in [1.29, 1.82) is 5.26 Å². The van der Waals surface area contributed by atoms with Gasteiger partial charge in [-0.05, 0) is 31.6 Å². The Morgan fingerprint density at radius 3 is 2.36 bits per heavy atom. The Bertz CT molecular complexity index is 222. The highest BCUT2D eigenvalue weighted by Crippen LogP contribution is 2.41. The quantitative estimate of drug-likeness (QED) is 0.671. The van der Waals surface area contributed by atoms with Crippen molar-refractivity contribution >= 4 is 0 Å². The molecule has 1 saturated carbocycles. The maximum Gasteiger partial charge on any atom is 0.241 e. The Hall–Kier alpha value is -0.650. The predicted molar refractivity (Wildman–Crippen MR) is 50.8 cm³/mol. The molecule has 4 unspecified atom stereocenters. The molecule has 1 aliphatic carbocycles. The molecule has 0 spiro atoms. The van der Waals surface area contributed by atoms with Gasteiger partial charge < -0.3 is 0 Å². The molecular formula is C11H17F2N. The summed E-state index contributed by atoms with van der Waals surface area (Å²) < 4.78 is 25.3. The van der Waals surface area contributed by atoms with Crippen molar-refractivity contribution < 1.29 is 8.78 Å². The lowest BCUT2D eigenvalue weighted by atomic mass is 9.69. The third kappa shape index (κ3) is 2.23. The van der Waals surface area contributed by atoms with Crippen LogP contribution in [0.2, 0.25) is 0 Å². The molecule has 14 heavy (non-hydrogen) atoms. The average Bonchev–Trinajstić information content (AvgIpc) is 2.16. The Morgan fingerprint density at radius 2 is 1.86 bits per heavy atom. The first kappa shape index (κ1) is 11.4. The molecule has 0 saturated heterocycles. The van der Waals surface area contributed by atoms with Crippen molar-refractivity contribution in [3.63, 3.8) is 0 Å². The van der Waals surface area contributed by atoms with Gasteiger partial charge in [0.1, 0.15) is 0 Å². The van der Waals surface area contributed by atoms with E-state index in [1.165, 1.54) is 0 Å². The van der Waals surface area contributed by atoms with Gasteiger partial charge in [-0.3, -0.25) is 0 Å². The molecule has 0 N–H and O–H groups in total. The molecule has 1 rings (SSSR count). The molecule has 80 valence electrons. The zero-order valence-corrected chi connectivity index (χ0v) is 8.71. The summed E-state index contributed by atoms with van der Waals surface area (Å²) in [4.78, 5) is 0. The van der Waals surface area contributed by atoms with Gasteiger partial charge in [0.05, 0.1) is 6.07 Å². The molecule has 4 atom stereocenters. The van der Waals surface area contributed by atoms with Crippen molar-refractivity contribution in [2.75, 3.05) is 0 Å². The summed E-state index contributed by atoms with van der Waals surface area (Å²) in [5.74, 6) is -0.442. The smallest absolute Gasteiger partial charge is 0.210 e. The van der Waals surface area contributed by atoms with Crippen LogP contribution in [0.4, 0.5) is 8.78 Å². The Kier molecular flexibility index (Phi) is 3.86. The van der Waals surface area contributed by atoms with Crippen LogP contribution in [-0.2, 0) is 0 Å². The monoisotopic (exact) mass is 201 g/mol. The molecule has 0 amide bonds. The van der Waals surface area contributed by atoms with Crippen LogP contribution in [0, 0.1) is 35.0 Å². The second-order valence-electron chi connectivity index (χ2n) is 4.37. The molecule has 1 nitrogen and oxygen atoms in total. The van der Waals surface area contributed by atoms with Crippen LogP contribution in [0.15, 0.2) is 0 Å². The van der Waals surface area contributed by atoms with Crippen molar-refractivity contribution in [2.45, 2.75) is 39.5 Å². The molecule has 0 aromatic heterocycles. The minimum atomic E-state index is -2.22. The van der Waals surface area contributed by atoms with E-state index in [4.69, 9.17) is 5.26 Å². The highest BCUT2D eigenvalue weighted by atomic mass is 19.3. The van der Waals surface area contributed by atoms with E-state index >= 15 is 0 Å². The number of hydrogen-bond donors (Lipinski definition) is 0. The first-order valence-corrected chi connectivity index (χ1v) is 5.25. The Morgan fingerprint density at radius 1 is 1.29 bits per heavy atom. The molecule has 1 fully saturated rings. The van der Waals surface area contributed by atoms with E-state index in [9.17, 15) is 8.78 Å². The lowest BCUT2D eigenvalue weighted by Crippen LogP contribution is -2.33. The van der Waals surface area contributed by atoms with Gasteiger partial charge in [-0.15, -0.1) is 0 Å². The topological polar surface area (TPSA) is 23.8 Å². The zero-order chi connectivity index (χ0) is 10.7. The number of halogens is 2. The van der Waals surface area contributed by atoms with Crippen LogP contribution in [-0.4, -0.2) is 6.43 Å². The lowest BCUT2D eigenvalue weighted by molar-refractivity contribution is -0.00212. The van der Waals surface area contributed by atoms with Crippen LogP contribution in [0.3, 0.4) is 0 Å². The summed E-state index contributed by atoms with van der Waals surface area (Å²) in [6, 6.07) is 2.18. The molecule has 0 aromatic rings. The largest absolute Gasteiger partial charge is 0.241 e. The van der Waals surface area contributed by atoms with Gasteiger partial charge in [0.2, 0.25) is 6.43 Å². The van der Waals surface area contributed by atoms with Gasteiger partial charge in [-0.2, -0.15) is 5.26 Å². The zero-order valence-electron chi connectivity index (χ0n) is 8.71. The Balaban J connectivity index is 2.66. The van der Waals surface area contributed by atoms with Crippen molar-refractivity contribution in [3.8, 4) is 6.07 Å². The van der Waals surface area contributed by atoms with Gasteiger partial charge in [0.25, 0.3) is 0 Å². The van der Waals surface area contributed by atoms with Crippen LogP contribution >= 0.6 is 0 Å². The molecule has 3 heteroatoms. The third-order valence-corrected chi connectivity index (χ3v) is 3.60. The van der Waals surface area contributed by atoms with Crippen LogP contribution < -0.4 is 0 Å². The Labute approximate surface area is 84.1 Å². The summed E-state index contributed by atoms with van der Waals surface area (Å²) in [6.07, 6.45) is 0.168. The lowest BCUT2D eigenvalue weighted by Gasteiger charge is -2.36. The summed E-state index contributed by atoms with van der Waals surface area (Å²) in [5.41, 5.74) is 0. The van der Waals surface area contributed by atoms with Gasteiger partial charge >= 0.3 is 0 Å². The van der Waals surface area contributed by atoms with Gasteiger partial charge in [-0.25, -0.2) is 8.78 Å². The van der Waals surface area contributed by atoms with E-state index in [0.29, 0.717) is 6.42 Å². The van der Waals surface area contributed by atoms with Crippen molar-refractivity contribution in [1.82, 2.24) is 0 Å². The number of nitrogens with zero attached hydrogens (tertiary/aromatic N) is 1. The molecule has 0 aliphatic heterocycles. The fraction of sp³-hybridized carbons (Fsp3) is 0.909. The van der Waals surface area contributed by atoms with Gasteiger partial charge in [-0.1, -0.05) is 13.3 Å². The van der Waals surface area contributed by atoms with Crippen molar-refractivity contribution in [2.24, 2.45) is 23.7 Å². The van der Waals surface area contributed by atoms with E-state index in [1.807, 2.05) is 13.8 Å². The standard InChI is InChI=1S/C11H17F2N/c1-7(6-14)9-4-3-5-10(8(9)2)11(12)13/h7-11H,3-5H2,1-2H3. The molecular weight excluding hydrogens is 184 g/mol. The van der Waals surface area contributed by atoms with Crippen LogP contribution in [0.25, 0.3) is 0 Å². The maximum atomic E-state index is 12.6. The summed E-state index contributed by atoms with van der Waals surface area (Å²) in [5, 5.41) is 8.79. The van der Waals surface area contributed by atoms with Crippen LogP contribution in [0.1, 0.15) is 33.1 Å². The first-order valence-electron chi connectivity index (χ1n) is 5.25. The highest BCUT2D eigenvalue weighted by molar-refractivity contribution is 4.91. The molecule has 0 aromatic carbocycles. The fourth-order valence-electron chi connectivity index (χ4n) is 2.59. The number of alkyl halides is 2. The summed E-state index contributed by atoms with van der Waals surface area (Å²) >= 11 is 0. The molecule has 1 aliphatic rings. The molecule has 0 radical (unpaired) electrons. The fourth-order valence-corrected chi connectivity index (χ4v) is 2.59. The summed E-state index contributed by atoms with van der Waals surface area (Å²) in [6.45, 7) is 3.71. The molecule has 0 bridgehead atoms. The van der Waals surface area contributed by atoms with E-state index < -0.39 is 12.3 Å². The van der Waals surface area contributed by atoms with E-state index in [2.05, 4.69) is 6.07 Å². The highest BCUT2D eigenvalue weighted by Gasteiger charge is 2.37.